The van der Waals surface area contributed by atoms with Gasteiger partial charge in [-0.05, 0) is 30.9 Å². The van der Waals surface area contributed by atoms with Crippen LogP contribution in [-0.4, -0.2) is 41.6 Å². The van der Waals surface area contributed by atoms with E-state index in [9.17, 15) is 9.59 Å². The Labute approximate surface area is 137 Å². The van der Waals surface area contributed by atoms with Crippen molar-refractivity contribution in [1.29, 1.82) is 0 Å². The molecular formula is C16H19BrN2O3. The van der Waals surface area contributed by atoms with Gasteiger partial charge in [-0.1, -0.05) is 34.1 Å². The summed E-state index contributed by atoms with van der Waals surface area (Å²) >= 11 is 3.58. The molecule has 1 aliphatic carbocycles. The van der Waals surface area contributed by atoms with E-state index in [1.807, 2.05) is 18.2 Å². The first kappa shape index (κ1) is 15.3. The Hall–Kier alpha value is -1.56. The predicted molar refractivity (Wildman–Crippen MR) is 85.8 cm³/mol. The van der Waals surface area contributed by atoms with E-state index in [4.69, 9.17) is 5.11 Å². The molecule has 0 spiro atoms. The van der Waals surface area contributed by atoms with Crippen LogP contribution in [0.2, 0.25) is 0 Å². The monoisotopic (exact) mass is 366 g/mol. The van der Waals surface area contributed by atoms with Crippen LogP contribution < -0.4 is 5.32 Å². The average molecular weight is 367 g/mol. The summed E-state index contributed by atoms with van der Waals surface area (Å²) in [5, 5.41) is 12.0. The van der Waals surface area contributed by atoms with Crippen LogP contribution in [0.15, 0.2) is 28.7 Å². The number of urea groups is 1. The van der Waals surface area contributed by atoms with Gasteiger partial charge in [0.15, 0.2) is 0 Å². The summed E-state index contributed by atoms with van der Waals surface area (Å²) < 4.78 is 1.08. The van der Waals surface area contributed by atoms with Gasteiger partial charge in [-0.3, -0.25) is 4.79 Å². The molecule has 5 nitrogen and oxygen atoms in total. The van der Waals surface area contributed by atoms with Gasteiger partial charge >= 0.3 is 12.0 Å². The van der Waals surface area contributed by atoms with Crippen LogP contribution >= 0.6 is 15.9 Å². The number of carbonyl (C=O) groups is 2. The van der Waals surface area contributed by atoms with Crippen LogP contribution in [0.3, 0.4) is 0 Å². The number of nitrogens with zero attached hydrogens (tertiary/aromatic N) is 1. The van der Waals surface area contributed by atoms with Crippen molar-refractivity contribution in [2.24, 2.45) is 5.92 Å². The number of hydrogen-bond donors (Lipinski definition) is 2. The van der Waals surface area contributed by atoms with Gasteiger partial charge in [0, 0.05) is 29.5 Å². The second-order valence-corrected chi connectivity index (χ2v) is 7.04. The topological polar surface area (TPSA) is 69.6 Å². The van der Waals surface area contributed by atoms with Gasteiger partial charge in [0.2, 0.25) is 0 Å². The van der Waals surface area contributed by atoms with Crippen molar-refractivity contribution in [3.8, 4) is 0 Å². The maximum Gasteiger partial charge on any atom is 0.317 e. The molecule has 2 amide bonds. The number of likely N-dealkylation sites (tertiary alicyclic amines) is 1. The maximum atomic E-state index is 12.2. The third-order valence-electron chi connectivity index (χ3n) is 4.70. The zero-order chi connectivity index (χ0) is 15.7. The molecule has 2 fully saturated rings. The summed E-state index contributed by atoms with van der Waals surface area (Å²) in [7, 11) is 0. The molecule has 1 aromatic carbocycles. The number of aliphatic carboxylic acids is 1. The molecule has 6 heteroatoms. The van der Waals surface area contributed by atoms with E-state index in [1.165, 1.54) is 5.56 Å². The second-order valence-electron chi connectivity index (χ2n) is 6.19. The Morgan fingerprint density at radius 1 is 1.36 bits per heavy atom. The number of carbonyl (C=O) groups excluding carboxylic acids is 1. The number of nitrogens with one attached hydrogen (secondary N) is 1. The van der Waals surface area contributed by atoms with Crippen LogP contribution in [0.25, 0.3) is 0 Å². The second kappa shape index (κ2) is 5.91. The molecule has 1 unspecified atom stereocenters. The third kappa shape index (κ3) is 2.97. The number of rotatable bonds is 4. The van der Waals surface area contributed by atoms with Gasteiger partial charge in [-0.15, -0.1) is 0 Å². The summed E-state index contributed by atoms with van der Waals surface area (Å²) in [6.07, 6.45) is 2.67. The normalized spacial score (nSPS) is 22.4. The molecule has 1 saturated carbocycles. The highest BCUT2D eigenvalue weighted by Gasteiger charge is 2.45. The van der Waals surface area contributed by atoms with E-state index < -0.39 is 11.9 Å². The fourth-order valence-corrected chi connectivity index (χ4v) is 3.79. The Balaban J connectivity index is 1.58. The predicted octanol–water partition coefficient (Wildman–Crippen LogP) is 2.60. The fourth-order valence-electron chi connectivity index (χ4n) is 3.09. The van der Waals surface area contributed by atoms with E-state index in [2.05, 4.69) is 27.3 Å². The molecular weight excluding hydrogens is 348 g/mol. The van der Waals surface area contributed by atoms with Gasteiger partial charge in [0.1, 0.15) is 0 Å². The van der Waals surface area contributed by atoms with E-state index >= 15 is 0 Å². The molecule has 1 aromatic rings. The lowest BCUT2D eigenvalue weighted by molar-refractivity contribution is -0.141. The van der Waals surface area contributed by atoms with Gasteiger partial charge < -0.3 is 15.3 Å². The summed E-state index contributed by atoms with van der Waals surface area (Å²) in [6.45, 7) is 1.43. The molecule has 0 aromatic heterocycles. The highest BCUT2D eigenvalue weighted by molar-refractivity contribution is 9.10. The van der Waals surface area contributed by atoms with Gasteiger partial charge in [-0.2, -0.15) is 0 Å². The molecule has 0 bridgehead atoms. The Morgan fingerprint density at radius 2 is 2.09 bits per heavy atom. The maximum absolute atomic E-state index is 12.2. The van der Waals surface area contributed by atoms with E-state index in [0.29, 0.717) is 26.1 Å². The standard InChI is InChI=1S/C16H19BrN2O3/c17-13-4-2-1-3-12(13)16(6-7-16)10-18-15(22)19-8-5-11(9-19)14(20)21/h1-4,11H,5-10H2,(H,18,22)(H,20,21). The fraction of sp³-hybridized carbons (Fsp3) is 0.500. The largest absolute Gasteiger partial charge is 0.481 e. The summed E-state index contributed by atoms with van der Waals surface area (Å²) in [6, 6.07) is 7.97. The first-order valence-corrected chi connectivity index (χ1v) is 8.32. The third-order valence-corrected chi connectivity index (χ3v) is 5.39. The minimum Gasteiger partial charge on any atom is -0.481 e. The first-order chi connectivity index (χ1) is 10.5. The molecule has 1 heterocycles. The van der Waals surface area contributed by atoms with Crippen molar-refractivity contribution in [3.05, 3.63) is 34.3 Å². The highest BCUT2D eigenvalue weighted by atomic mass is 79.9. The van der Waals surface area contributed by atoms with Crippen LogP contribution in [-0.2, 0) is 10.2 Å². The van der Waals surface area contributed by atoms with Crippen molar-refractivity contribution in [2.45, 2.75) is 24.7 Å². The number of benzene rings is 1. The van der Waals surface area contributed by atoms with E-state index in [1.54, 1.807) is 4.90 Å². The lowest BCUT2D eigenvalue weighted by Gasteiger charge is -2.21. The molecule has 2 N–H and O–H groups in total. The van der Waals surface area contributed by atoms with Gasteiger partial charge in [-0.25, -0.2) is 4.79 Å². The number of carboxylic acids is 1. The average Bonchev–Trinajstić information content (AvgIpc) is 3.10. The van der Waals surface area contributed by atoms with Crippen LogP contribution in [0.5, 0.6) is 0 Å². The number of hydrogen-bond acceptors (Lipinski definition) is 2. The highest BCUT2D eigenvalue weighted by Crippen LogP contribution is 2.49. The van der Waals surface area contributed by atoms with Crippen LogP contribution in [0.1, 0.15) is 24.8 Å². The summed E-state index contributed by atoms with van der Waals surface area (Å²) in [4.78, 5) is 24.8. The Kier molecular flexibility index (Phi) is 4.12. The van der Waals surface area contributed by atoms with Crippen LogP contribution in [0, 0.1) is 5.92 Å². The molecule has 0 radical (unpaired) electrons. The SMILES string of the molecule is O=C(O)C1CCN(C(=O)NCC2(c3ccccc3Br)CC2)C1. The number of carboxylic acid groups (broad SMARTS) is 1. The molecule has 3 rings (SSSR count). The Morgan fingerprint density at radius 3 is 2.68 bits per heavy atom. The van der Waals surface area contributed by atoms with Crippen molar-refractivity contribution < 1.29 is 14.7 Å². The van der Waals surface area contributed by atoms with Crippen molar-refractivity contribution in [3.63, 3.8) is 0 Å². The number of halogens is 1. The van der Waals surface area contributed by atoms with Crippen molar-refractivity contribution in [1.82, 2.24) is 10.2 Å². The molecule has 1 aliphatic heterocycles. The van der Waals surface area contributed by atoms with Crippen molar-refractivity contribution in [2.75, 3.05) is 19.6 Å². The molecule has 118 valence electrons. The molecule has 1 atom stereocenters. The lowest BCUT2D eigenvalue weighted by Crippen LogP contribution is -2.42. The molecule has 1 saturated heterocycles. The van der Waals surface area contributed by atoms with Crippen LogP contribution in [0.4, 0.5) is 4.79 Å². The smallest absolute Gasteiger partial charge is 0.317 e. The van der Waals surface area contributed by atoms with E-state index in [0.717, 1.165) is 17.3 Å². The first-order valence-electron chi connectivity index (χ1n) is 7.52. The summed E-state index contributed by atoms with van der Waals surface area (Å²) in [5.41, 5.74) is 1.27. The quantitative estimate of drug-likeness (QED) is 0.860. The summed E-state index contributed by atoms with van der Waals surface area (Å²) in [5.74, 6) is -1.24. The zero-order valence-corrected chi connectivity index (χ0v) is 13.8. The zero-order valence-electron chi connectivity index (χ0n) is 12.2. The minimum atomic E-state index is -0.817. The van der Waals surface area contributed by atoms with Gasteiger partial charge in [0.25, 0.3) is 0 Å². The molecule has 2 aliphatic rings. The van der Waals surface area contributed by atoms with E-state index in [-0.39, 0.29) is 11.4 Å². The minimum absolute atomic E-state index is 0.0294. The Bertz CT molecular complexity index is 601. The van der Waals surface area contributed by atoms with Gasteiger partial charge in [0.05, 0.1) is 5.92 Å². The van der Waals surface area contributed by atoms with Crippen molar-refractivity contribution >= 4 is 27.9 Å². The number of amides is 2. The molecule has 22 heavy (non-hydrogen) atoms. The lowest BCUT2D eigenvalue weighted by atomic mass is 9.96.